The van der Waals surface area contributed by atoms with Gasteiger partial charge in [-0.1, -0.05) is 60.8 Å². The van der Waals surface area contributed by atoms with Crippen LogP contribution in [-0.2, 0) is 18.4 Å². The normalized spacial score (nSPS) is 18.5. The zero-order valence-corrected chi connectivity index (χ0v) is 24.0. The number of hydrogen-bond donors (Lipinski definition) is 2. The number of fused-ring (bicyclic) bond motifs is 1. The summed E-state index contributed by atoms with van der Waals surface area (Å²) in [5, 5.41) is 8.21. The van der Waals surface area contributed by atoms with E-state index in [0.29, 0.717) is 11.1 Å². The number of nitrogens with zero attached hydrogens (tertiary/aromatic N) is 4. The predicted molar refractivity (Wildman–Crippen MR) is 165 cm³/mol. The molecule has 3 aliphatic rings. The molecular formula is C31H37ClN6S. The Bertz CT molecular complexity index is 1300. The molecule has 3 heterocycles. The summed E-state index contributed by atoms with van der Waals surface area (Å²) in [6.07, 6.45) is 9.46. The van der Waals surface area contributed by atoms with Crippen LogP contribution in [0.4, 0.5) is 17.6 Å². The van der Waals surface area contributed by atoms with Gasteiger partial charge < -0.3 is 20.4 Å². The molecule has 0 amide bonds. The van der Waals surface area contributed by atoms with Gasteiger partial charge in [0.15, 0.2) is 5.11 Å². The van der Waals surface area contributed by atoms with Crippen molar-refractivity contribution < 1.29 is 0 Å². The van der Waals surface area contributed by atoms with Crippen molar-refractivity contribution in [1.82, 2.24) is 15.3 Å². The summed E-state index contributed by atoms with van der Waals surface area (Å²) in [6, 6.07) is 19.2. The van der Waals surface area contributed by atoms with Gasteiger partial charge in [0.1, 0.15) is 11.6 Å². The van der Waals surface area contributed by atoms with E-state index in [9.17, 15) is 0 Å². The van der Waals surface area contributed by atoms with E-state index >= 15 is 0 Å². The Hall–Kier alpha value is -2.90. The second-order valence-electron chi connectivity index (χ2n) is 11.2. The van der Waals surface area contributed by atoms with Gasteiger partial charge in [-0.25, -0.2) is 0 Å². The van der Waals surface area contributed by atoms with Crippen LogP contribution in [-0.4, -0.2) is 41.3 Å². The lowest BCUT2D eigenvalue weighted by molar-refractivity contribution is 0.435. The van der Waals surface area contributed by atoms with Crippen LogP contribution in [0.1, 0.15) is 61.6 Å². The summed E-state index contributed by atoms with van der Waals surface area (Å²) >= 11 is 12.0. The van der Waals surface area contributed by atoms with Crippen LogP contribution in [0.2, 0.25) is 5.02 Å². The minimum atomic E-state index is 0.0686. The van der Waals surface area contributed by atoms with Crippen LogP contribution in [0.5, 0.6) is 0 Å². The Morgan fingerprint density at radius 1 is 0.846 bits per heavy atom. The van der Waals surface area contributed by atoms with E-state index in [-0.39, 0.29) is 5.41 Å². The van der Waals surface area contributed by atoms with E-state index in [4.69, 9.17) is 33.8 Å². The van der Waals surface area contributed by atoms with Crippen LogP contribution >= 0.6 is 23.8 Å². The van der Waals surface area contributed by atoms with Gasteiger partial charge in [0.25, 0.3) is 0 Å². The molecule has 0 unspecified atom stereocenters. The number of piperidine rings is 1. The highest BCUT2D eigenvalue weighted by Gasteiger charge is 2.35. The molecule has 0 bridgehead atoms. The minimum absolute atomic E-state index is 0.0686. The average Bonchev–Trinajstić information content (AvgIpc) is 3.47. The molecule has 6 rings (SSSR count). The van der Waals surface area contributed by atoms with Gasteiger partial charge in [0.05, 0.1) is 0 Å². The second kappa shape index (κ2) is 11.7. The van der Waals surface area contributed by atoms with Gasteiger partial charge in [-0.05, 0) is 79.6 Å². The summed E-state index contributed by atoms with van der Waals surface area (Å²) in [5.74, 6) is 2.51. The Balaban J connectivity index is 1.20. The molecule has 6 nitrogen and oxygen atoms in total. The zero-order valence-electron chi connectivity index (χ0n) is 22.5. The minimum Gasteiger partial charge on any atom is -0.361 e. The SMILES string of the molecule is S=C(NCC1(c2ccc(Cl)cc2)CCCC1)Nc1nc(N2CCCCC2)cc(N2CCc3ccccc3C2)n1. The van der Waals surface area contributed by atoms with Crippen molar-refractivity contribution in [2.75, 3.05) is 41.3 Å². The number of halogens is 1. The molecule has 3 aromatic rings. The number of benzene rings is 2. The van der Waals surface area contributed by atoms with E-state index in [1.807, 2.05) is 12.1 Å². The fraction of sp³-hybridized carbons (Fsp3) is 0.452. The molecule has 0 spiro atoms. The molecular weight excluding hydrogens is 524 g/mol. The van der Waals surface area contributed by atoms with Crippen molar-refractivity contribution in [3.05, 3.63) is 76.3 Å². The summed E-state index contributed by atoms with van der Waals surface area (Å²) < 4.78 is 0. The maximum atomic E-state index is 6.18. The Kier molecular flexibility index (Phi) is 7.89. The number of aromatic nitrogens is 2. The van der Waals surface area contributed by atoms with E-state index in [1.54, 1.807) is 0 Å². The molecule has 0 atom stereocenters. The molecule has 1 saturated carbocycles. The third kappa shape index (κ3) is 5.99. The van der Waals surface area contributed by atoms with Gasteiger partial charge in [0, 0.05) is 49.2 Å². The monoisotopic (exact) mass is 560 g/mol. The fourth-order valence-electron chi connectivity index (χ4n) is 6.43. The lowest BCUT2D eigenvalue weighted by Gasteiger charge is -2.32. The Morgan fingerprint density at radius 2 is 1.54 bits per heavy atom. The zero-order chi connectivity index (χ0) is 26.7. The fourth-order valence-corrected chi connectivity index (χ4v) is 6.72. The van der Waals surface area contributed by atoms with Gasteiger partial charge in [-0.15, -0.1) is 0 Å². The standard InChI is InChI=1S/C31H37ClN6S/c32-26-12-10-25(11-13-26)31(15-4-5-16-31)22-33-30(39)36-29-34-27(37-17-6-1-7-18-37)20-28(35-29)38-19-14-23-8-2-3-9-24(23)21-38/h2-3,8-13,20H,1,4-7,14-19,21-22H2,(H2,33,34,35,36,39). The largest absolute Gasteiger partial charge is 0.361 e. The van der Waals surface area contributed by atoms with Gasteiger partial charge in [0.2, 0.25) is 5.95 Å². The average molecular weight is 561 g/mol. The highest BCUT2D eigenvalue weighted by molar-refractivity contribution is 7.80. The van der Waals surface area contributed by atoms with Crippen LogP contribution in [0.3, 0.4) is 0 Å². The first-order valence-corrected chi connectivity index (χ1v) is 15.1. The lowest BCUT2D eigenvalue weighted by atomic mass is 9.79. The quantitative estimate of drug-likeness (QED) is 0.334. The summed E-state index contributed by atoms with van der Waals surface area (Å²) in [5.41, 5.74) is 4.21. The van der Waals surface area contributed by atoms with Crippen molar-refractivity contribution >= 4 is 46.5 Å². The Morgan fingerprint density at radius 3 is 2.28 bits per heavy atom. The van der Waals surface area contributed by atoms with E-state index in [1.165, 1.54) is 48.8 Å². The highest BCUT2D eigenvalue weighted by atomic mass is 35.5. The van der Waals surface area contributed by atoms with Crippen molar-refractivity contribution in [3.8, 4) is 0 Å². The first-order chi connectivity index (χ1) is 19.1. The molecule has 204 valence electrons. The topological polar surface area (TPSA) is 56.3 Å². The molecule has 1 aromatic heterocycles. The maximum Gasteiger partial charge on any atom is 0.232 e. The molecule has 1 saturated heterocycles. The molecule has 39 heavy (non-hydrogen) atoms. The summed E-state index contributed by atoms with van der Waals surface area (Å²) in [7, 11) is 0. The van der Waals surface area contributed by atoms with E-state index in [0.717, 1.165) is 68.6 Å². The first kappa shape index (κ1) is 26.3. The van der Waals surface area contributed by atoms with E-state index < -0.39 is 0 Å². The number of thiocarbonyl (C=S) groups is 1. The number of hydrogen-bond acceptors (Lipinski definition) is 5. The van der Waals surface area contributed by atoms with Crippen molar-refractivity contribution in [2.45, 2.75) is 63.3 Å². The molecule has 2 aliphatic heterocycles. The van der Waals surface area contributed by atoms with E-state index in [2.05, 4.69) is 62.9 Å². The first-order valence-electron chi connectivity index (χ1n) is 14.3. The lowest BCUT2D eigenvalue weighted by Crippen LogP contribution is -2.41. The van der Waals surface area contributed by atoms with Crippen LogP contribution in [0, 0.1) is 0 Å². The number of anilines is 3. The Labute approximate surface area is 242 Å². The van der Waals surface area contributed by atoms with Gasteiger partial charge >= 0.3 is 0 Å². The molecule has 2 fully saturated rings. The number of nitrogens with one attached hydrogen (secondary N) is 2. The number of rotatable bonds is 6. The van der Waals surface area contributed by atoms with Gasteiger partial charge in [-0.3, -0.25) is 0 Å². The predicted octanol–water partition coefficient (Wildman–Crippen LogP) is 6.48. The summed E-state index contributed by atoms with van der Waals surface area (Å²) in [4.78, 5) is 14.7. The van der Waals surface area contributed by atoms with Crippen molar-refractivity contribution in [3.63, 3.8) is 0 Å². The molecule has 2 N–H and O–H groups in total. The molecule has 8 heteroatoms. The third-order valence-corrected chi connectivity index (χ3v) is 9.16. The van der Waals surface area contributed by atoms with Crippen LogP contribution < -0.4 is 20.4 Å². The molecule has 1 aliphatic carbocycles. The van der Waals surface area contributed by atoms with Crippen LogP contribution in [0.15, 0.2) is 54.6 Å². The molecule has 0 radical (unpaired) electrons. The second-order valence-corrected chi connectivity index (χ2v) is 12.0. The van der Waals surface area contributed by atoms with Crippen molar-refractivity contribution in [1.29, 1.82) is 0 Å². The smallest absolute Gasteiger partial charge is 0.232 e. The van der Waals surface area contributed by atoms with Crippen molar-refractivity contribution in [2.24, 2.45) is 0 Å². The third-order valence-electron chi connectivity index (χ3n) is 8.66. The summed E-state index contributed by atoms with van der Waals surface area (Å²) in [6.45, 7) is 4.65. The van der Waals surface area contributed by atoms with Gasteiger partial charge in [-0.2, -0.15) is 9.97 Å². The molecule has 2 aromatic carbocycles. The maximum absolute atomic E-state index is 6.18. The highest BCUT2D eigenvalue weighted by Crippen LogP contribution is 2.41. The van der Waals surface area contributed by atoms with Crippen LogP contribution in [0.25, 0.3) is 0 Å².